The first-order chi connectivity index (χ1) is 12.5. The Labute approximate surface area is 165 Å². The molecule has 0 bridgehead atoms. The van der Waals surface area contributed by atoms with E-state index in [1.807, 2.05) is 24.3 Å². The van der Waals surface area contributed by atoms with Gasteiger partial charge < -0.3 is 15.2 Å². The molecule has 0 unspecified atom stereocenters. The van der Waals surface area contributed by atoms with Gasteiger partial charge in [0.05, 0.1) is 24.2 Å². The number of ether oxygens (including phenoxy) is 1. The van der Waals surface area contributed by atoms with E-state index in [9.17, 15) is 14.7 Å². The molecule has 2 aliphatic rings. The van der Waals surface area contributed by atoms with Gasteiger partial charge in [-0.25, -0.2) is 0 Å². The molecule has 1 aromatic carbocycles. The molecule has 138 valence electrons. The van der Waals surface area contributed by atoms with Gasteiger partial charge in [-0.3, -0.25) is 14.5 Å². The molecule has 9 heteroatoms. The van der Waals surface area contributed by atoms with Gasteiger partial charge in [-0.05, 0) is 12.1 Å². The maximum absolute atomic E-state index is 12.6. The second-order valence-electron chi connectivity index (χ2n) is 5.79. The summed E-state index contributed by atoms with van der Waals surface area (Å²) in [5, 5.41) is 12.6. The fraction of sp³-hybridized carbons (Fsp3) is 0.353. The van der Waals surface area contributed by atoms with E-state index < -0.39 is 6.10 Å². The molecular formula is C17H18N2O4S3. The highest BCUT2D eigenvalue weighted by Gasteiger charge is 2.35. The van der Waals surface area contributed by atoms with Crippen molar-refractivity contribution in [2.24, 2.45) is 0 Å². The molecule has 0 saturated carbocycles. The van der Waals surface area contributed by atoms with Gasteiger partial charge in [0.25, 0.3) is 5.91 Å². The number of rotatable bonds is 5. The number of hydrogen-bond acceptors (Lipinski definition) is 7. The lowest BCUT2D eigenvalue weighted by Gasteiger charge is -2.18. The summed E-state index contributed by atoms with van der Waals surface area (Å²) >= 11 is 8.00. The number of methoxy groups -OCH3 is 1. The van der Waals surface area contributed by atoms with Crippen molar-refractivity contribution in [3.05, 3.63) is 34.7 Å². The Hall–Kier alpha value is -1.55. The van der Waals surface area contributed by atoms with Crippen molar-refractivity contribution in [1.82, 2.24) is 10.2 Å². The van der Waals surface area contributed by atoms with E-state index in [2.05, 4.69) is 5.32 Å². The first-order valence-electron chi connectivity index (χ1n) is 7.93. The summed E-state index contributed by atoms with van der Waals surface area (Å²) in [6.07, 6.45) is 1.16. The smallest absolute Gasteiger partial charge is 0.266 e. The third-order valence-corrected chi connectivity index (χ3v) is 6.55. The van der Waals surface area contributed by atoms with Gasteiger partial charge in [0.2, 0.25) is 5.91 Å². The van der Waals surface area contributed by atoms with Crippen molar-refractivity contribution in [2.75, 3.05) is 25.2 Å². The Morgan fingerprint density at radius 2 is 2.23 bits per heavy atom. The van der Waals surface area contributed by atoms with Crippen molar-refractivity contribution in [2.45, 2.75) is 12.1 Å². The number of aliphatic hydroxyl groups excluding tert-OH is 1. The summed E-state index contributed by atoms with van der Waals surface area (Å²) in [6, 6.07) is 7.08. The number of amides is 2. The van der Waals surface area contributed by atoms with E-state index in [-0.39, 0.29) is 24.4 Å². The Morgan fingerprint density at radius 1 is 1.46 bits per heavy atom. The molecule has 0 aromatic heterocycles. The number of nitrogens with one attached hydrogen (secondary N) is 1. The summed E-state index contributed by atoms with van der Waals surface area (Å²) in [5.41, 5.74) is 0.769. The van der Waals surface area contributed by atoms with Crippen LogP contribution in [0.2, 0.25) is 0 Å². The number of para-hydroxylation sites is 1. The molecule has 0 aliphatic carbocycles. The van der Waals surface area contributed by atoms with Crippen LogP contribution in [-0.2, 0) is 9.59 Å². The number of carbonyl (C=O) groups excluding carboxylic acids is 2. The first kappa shape index (κ1) is 19.2. The van der Waals surface area contributed by atoms with Crippen LogP contribution >= 0.6 is 35.7 Å². The molecule has 2 saturated heterocycles. The molecule has 2 N–H and O–H groups in total. The van der Waals surface area contributed by atoms with E-state index in [0.717, 1.165) is 17.3 Å². The largest absolute Gasteiger partial charge is 0.496 e. The summed E-state index contributed by atoms with van der Waals surface area (Å²) < 4.78 is 5.63. The molecule has 2 aliphatic heterocycles. The van der Waals surface area contributed by atoms with Crippen LogP contribution in [0.5, 0.6) is 5.75 Å². The van der Waals surface area contributed by atoms with Gasteiger partial charge in [-0.2, -0.15) is 11.8 Å². The van der Waals surface area contributed by atoms with Crippen LogP contribution in [0, 0.1) is 0 Å². The van der Waals surface area contributed by atoms with Gasteiger partial charge in [0, 0.05) is 17.1 Å². The number of benzene rings is 1. The second kappa shape index (κ2) is 8.43. The maximum atomic E-state index is 12.6. The topological polar surface area (TPSA) is 78.9 Å². The highest BCUT2D eigenvalue weighted by Crippen LogP contribution is 2.34. The zero-order valence-electron chi connectivity index (χ0n) is 14.0. The highest BCUT2D eigenvalue weighted by molar-refractivity contribution is 8.26. The Morgan fingerprint density at radius 3 is 2.92 bits per heavy atom. The minimum absolute atomic E-state index is 0.151. The fourth-order valence-corrected chi connectivity index (χ4v) is 5.06. The lowest BCUT2D eigenvalue weighted by atomic mass is 10.2. The molecular weight excluding hydrogens is 392 g/mol. The van der Waals surface area contributed by atoms with Gasteiger partial charge in [-0.1, -0.05) is 42.2 Å². The quantitative estimate of drug-likeness (QED) is 0.562. The van der Waals surface area contributed by atoms with Crippen molar-refractivity contribution in [3.8, 4) is 5.75 Å². The predicted molar refractivity (Wildman–Crippen MR) is 108 cm³/mol. The van der Waals surface area contributed by atoms with Gasteiger partial charge in [-0.15, -0.1) is 0 Å². The maximum Gasteiger partial charge on any atom is 0.266 e. The molecule has 0 spiro atoms. The Bertz CT molecular complexity index is 768. The highest BCUT2D eigenvalue weighted by atomic mass is 32.2. The van der Waals surface area contributed by atoms with Gasteiger partial charge in [0.1, 0.15) is 16.6 Å². The average Bonchev–Trinajstić information content (AvgIpc) is 3.13. The third kappa shape index (κ3) is 4.22. The number of thiocarbonyl (C=S) groups is 1. The van der Waals surface area contributed by atoms with Crippen LogP contribution in [0.1, 0.15) is 5.56 Å². The summed E-state index contributed by atoms with van der Waals surface area (Å²) in [5.74, 6) is 1.30. The van der Waals surface area contributed by atoms with Crippen LogP contribution in [0.4, 0.5) is 0 Å². The third-order valence-electron chi connectivity index (χ3n) is 4.00. The van der Waals surface area contributed by atoms with Crippen LogP contribution < -0.4 is 10.1 Å². The minimum atomic E-state index is -0.555. The normalized spacial score (nSPS) is 24.4. The van der Waals surface area contributed by atoms with E-state index in [4.69, 9.17) is 17.0 Å². The summed E-state index contributed by atoms with van der Waals surface area (Å²) in [4.78, 5) is 26.6. The zero-order valence-corrected chi connectivity index (χ0v) is 16.5. The minimum Gasteiger partial charge on any atom is -0.496 e. The average molecular weight is 411 g/mol. The molecule has 1 aromatic rings. The number of thioether (sulfide) groups is 2. The predicted octanol–water partition coefficient (Wildman–Crippen LogP) is 1.49. The monoisotopic (exact) mass is 410 g/mol. The number of hydrogen-bond donors (Lipinski definition) is 2. The molecule has 2 amide bonds. The molecule has 0 radical (unpaired) electrons. The number of nitrogens with zero attached hydrogens (tertiary/aromatic N) is 1. The lowest BCUT2D eigenvalue weighted by molar-refractivity contribution is -0.129. The molecule has 26 heavy (non-hydrogen) atoms. The van der Waals surface area contributed by atoms with Crippen molar-refractivity contribution >= 4 is 58.0 Å². The first-order valence-corrected chi connectivity index (χ1v) is 10.3. The van der Waals surface area contributed by atoms with E-state index in [0.29, 0.717) is 26.5 Å². The molecule has 3 rings (SSSR count). The molecule has 2 fully saturated rings. The van der Waals surface area contributed by atoms with Crippen molar-refractivity contribution < 1.29 is 19.4 Å². The zero-order chi connectivity index (χ0) is 18.7. The Kier molecular flexibility index (Phi) is 6.23. The van der Waals surface area contributed by atoms with Crippen LogP contribution in [-0.4, -0.2) is 63.4 Å². The van der Waals surface area contributed by atoms with Crippen LogP contribution in [0.15, 0.2) is 29.2 Å². The lowest BCUT2D eigenvalue weighted by Crippen LogP contribution is -2.47. The molecule has 2 heterocycles. The molecule has 6 nitrogen and oxygen atoms in total. The fourth-order valence-electron chi connectivity index (χ4n) is 2.64. The number of aliphatic hydroxyl groups is 1. The van der Waals surface area contributed by atoms with E-state index >= 15 is 0 Å². The SMILES string of the molecule is COc1ccccc1/C=C1\SC(=S)N(CC(=O)N[C@@H]2CSC[C@@H]2O)C1=O. The molecule has 2 atom stereocenters. The van der Waals surface area contributed by atoms with Crippen molar-refractivity contribution in [1.29, 1.82) is 0 Å². The standard InChI is InChI=1S/C17H18N2O4S3/c1-23-13-5-3-2-4-10(13)6-14-16(22)19(17(24)26-14)7-15(21)18-11-8-25-9-12(11)20/h2-6,11-12,20H,7-9H2,1H3,(H,18,21)/b14-6-/t11-,12+/m1/s1. The van der Waals surface area contributed by atoms with Crippen molar-refractivity contribution in [3.63, 3.8) is 0 Å². The second-order valence-corrected chi connectivity index (χ2v) is 8.54. The number of carbonyl (C=O) groups is 2. The Balaban J connectivity index is 1.68. The summed E-state index contributed by atoms with van der Waals surface area (Å²) in [7, 11) is 1.57. The van der Waals surface area contributed by atoms with Gasteiger partial charge in [0.15, 0.2) is 0 Å². The van der Waals surface area contributed by atoms with Gasteiger partial charge >= 0.3 is 0 Å². The van der Waals surface area contributed by atoms with E-state index in [1.165, 1.54) is 4.90 Å². The van der Waals surface area contributed by atoms with E-state index in [1.54, 1.807) is 24.9 Å². The summed E-state index contributed by atoms with van der Waals surface area (Å²) in [6.45, 7) is -0.151. The van der Waals surface area contributed by atoms with Crippen LogP contribution in [0.3, 0.4) is 0 Å². The van der Waals surface area contributed by atoms with Crippen LogP contribution in [0.25, 0.3) is 6.08 Å².